The lowest BCUT2D eigenvalue weighted by atomic mass is 9.81. The molecule has 13 nitrogen and oxygen atoms in total. The molecule has 0 spiro atoms. The molecule has 2 aromatic carbocycles. The summed E-state index contributed by atoms with van der Waals surface area (Å²) in [5.41, 5.74) is 0.736. The number of carbonyl (C=O) groups excluding carboxylic acids is 1. The monoisotopic (exact) mass is 550 g/mol. The van der Waals surface area contributed by atoms with E-state index in [4.69, 9.17) is 28.4 Å². The van der Waals surface area contributed by atoms with Crippen molar-refractivity contribution in [3.8, 4) is 23.0 Å². The lowest BCUT2D eigenvalue weighted by Crippen LogP contribution is -2.60. The molecule has 0 aromatic heterocycles. The van der Waals surface area contributed by atoms with Gasteiger partial charge in [0.1, 0.15) is 24.4 Å². The van der Waals surface area contributed by atoms with Crippen molar-refractivity contribution in [2.45, 2.75) is 42.9 Å². The maximum absolute atomic E-state index is 12.7. The molecule has 6 N–H and O–H groups in total. The van der Waals surface area contributed by atoms with Gasteiger partial charge in [0.25, 0.3) is 0 Å². The van der Waals surface area contributed by atoms with Gasteiger partial charge in [0, 0.05) is 5.92 Å². The number of hydrogen-bond acceptors (Lipinski definition) is 13. The molecule has 0 radical (unpaired) electrons. The Bertz CT molecular complexity index is 1190. The van der Waals surface area contributed by atoms with E-state index in [1.807, 2.05) is 0 Å². The molecule has 2 saturated heterocycles. The van der Waals surface area contributed by atoms with Crippen LogP contribution in [0.5, 0.6) is 23.0 Å². The number of hydrogen-bond donors (Lipinski definition) is 6. The Balaban J connectivity index is 1.35. The molecule has 0 aliphatic carbocycles. The van der Waals surface area contributed by atoms with Crippen molar-refractivity contribution < 1.29 is 63.9 Å². The molecule has 2 fully saturated rings. The van der Waals surface area contributed by atoms with Crippen LogP contribution in [0.2, 0.25) is 0 Å². The van der Waals surface area contributed by atoms with Crippen molar-refractivity contribution in [1.82, 2.24) is 0 Å². The van der Waals surface area contributed by atoms with E-state index in [-0.39, 0.29) is 30.5 Å². The summed E-state index contributed by atoms with van der Waals surface area (Å²) in [6, 6.07) is 9.21. The highest BCUT2D eigenvalue weighted by Crippen LogP contribution is 2.44. The number of benzene rings is 2. The van der Waals surface area contributed by atoms with Gasteiger partial charge in [-0.1, -0.05) is 12.1 Å². The first-order chi connectivity index (χ1) is 18.7. The SMILES string of the molecule is COc1cc([C@@H](O)[C@H]2C(=O)OC[C@@H]2[C@@H](O)c2ccc3c(c2)OCO3)ccc1O[C@H]1O[C@H](CO)[C@H](O)[C@@H](O)[C@H]1O. The van der Waals surface area contributed by atoms with E-state index in [2.05, 4.69) is 0 Å². The van der Waals surface area contributed by atoms with Gasteiger partial charge in [0.2, 0.25) is 13.1 Å². The summed E-state index contributed by atoms with van der Waals surface area (Å²) in [4.78, 5) is 12.7. The first-order valence-electron chi connectivity index (χ1n) is 12.3. The van der Waals surface area contributed by atoms with Crippen molar-refractivity contribution in [3.63, 3.8) is 0 Å². The van der Waals surface area contributed by atoms with Crippen LogP contribution in [0.4, 0.5) is 0 Å². The summed E-state index contributed by atoms with van der Waals surface area (Å²) >= 11 is 0. The van der Waals surface area contributed by atoms with Crippen LogP contribution in [-0.2, 0) is 14.3 Å². The zero-order valence-corrected chi connectivity index (χ0v) is 20.8. The Morgan fingerprint density at radius 2 is 1.62 bits per heavy atom. The summed E-state index contributed by atoms with van der Waals surface area (Å²) in [5, 5.41) is 62.0. The van der Waals surface area contributed by atoms with Crippen LogP contribution in [-0.4, -0.2) is 94.4 Å². The van der Waals surface area contributed by atoms with Crippen LogP contribution in [0, 0.1) is 11.8 Å². The predicted octanol–water partition coefficient (Wildman–Crippen LogP) is -0.841. The highest BCUT2D eigenvalue weighted by molar-refractivity contribution is 5.76. The number of aliphatic hydroxyl groups excluding tert-OH is 6. The molecule has 3 aliphatic heterocycles. The van der Waals surface area contributed by atoms with Crippen LogP contribution >= 0.6 is 0 Å². The molecule has 3 heterocycles. The van der Waals surface area contributed by atoms with Crippen molar-refractivity contribution in [3.05, 3.63) is 47.5 Å². The van der Waals surface area contributed by atoms with Crippen molar-refractivity contribution in [2.75, 3.05) is 27.1 Å². The molecule has 0 bridgehead atoms. The second kappa shape index (κ2) is 11.1. The standard InChI is InChI=1S/C26H30O13/c1-34-16-6-12(3-5-15(16)38-26-24(32)23(31)22(30)18(8-27)39-26)21(29)19-13(9-35-25(19)33)20(28)11-2-4-14-17(7-11)37-10-36-14/h2-7,13,18-24,26-32H,8-10H2,1H3/t13-,18+,19-,20-,21+,22-,23+,24+,26-/m0/s1. The first-order valence-corrected chi connectivity index (χ1v) is 12.3. The molecule has 2 aromatic rings. The smallest absolute Gasteiger partial charge is 0.312 e. The zero-order chi connectivity index (χ0) is 27.8. The number of ether oxygens (including phenoxy) is 6. The number of aliphatic hydroxyl groups is 6. The van der Waals surface area contributed by atoms with E-state index in [1.165, 1.54) is 25.3 Å². The largest absolute Gasteiger partial charge is 0.493 e. The van der Waals surface area contributed by atoms with Gasteiger partial charge in [-0.15, -0.1) is 0 Å². The highest BCUT2D eigenvalue weighted by Gasteiger charge is 2.47. The maximum Gasteiger partial charge on any atom is 0.312 e. The van der Waals surface area contributed by atoms with E-state index in [0.29, 0.717) is 17.1 Å². The fourth-order valence-corrected chi connectivity index (χ4v) is 5.01. The number of cyclic esters (lactones) is 1. The van der Waals surface area contributed by atoms with Gasteiger partial charge in [0.15, 0.2) is 23.0 Å². The highest BCUT2D eigenvalue weighted by atomic mass is 16.7. The van der Waals surface area contributed by atoms with Gasteiger partial charge in [-0.2, -0.15) is 0 Å². The molecule has 212 valence electrons. The van der Waals surface area contributed by atoms with Gasteiger partial charge in [-0.3, -0.25) is 4.79 Å². The third-order valence-electron chi connectivity index (χ3n) is 7.26. The van der Waals surface area contributed by atoms with Gasteiger partial charge < -0.3 is 59.1 Å². The average Bonchev–Trinajstić information content (AvgIpc) is 3.58. The van der Waals surface area contributed by atoms with E-state index >= 15 is 0 Å². The Morgan fingerprint density at radius 3 is 2.36 bits per heavy atom. The van der Waals surface area contributed by atoms with E-state index < -0.39 is 67.3 Å². The molecule has 0 saturated carbocycles. The van der Waals surface area contributed by atoms with Crippen molar-refractivity contribution in [2.24, 2.45) is 11.8 Å². The van der Waals surface area contributed by atoms with E-state index in [1.54, 1.807) is 18.2 Å². The maximum atomic E-state index is 12.7. The predicted molar refractivity (Wildman–Crippen MR) is 128 cm³/mol. The second-order valence-corrected chi connectivity index (χ2v) is 9.55. The van der Waals surface area contributed by atoms with Crippen LogP contribution < -0.4 is 18.9 Å². The van der Waals surface area contributed by atoms with Crippen LogP contribution in [0.25, 0.3) is 0 Å². The van der Waals surface area contributed by atoms with Crippen LogP contribution in [0.1, 0.15) is 23.3 Å². The first kappa shape index (κ1) is 27.4. The van der Waals surface area contributed by atoms with E-state index in [0.717, 1.165) is 0 Å². The van der Waals surface area contributed by atoms with Crippen LogP contribution in [0.15, 0.2) is 36.4 Å². The minimum atomic E-state index is -1.63. The summed E-state index contributed by atoms with van der Waals surface area (Å²) in [6.45, 7) is -0.658. The van der Waals surface area contributed by atoms with Gasteiger partial charge in [-0.25, -0.2) is 0 Å². The third kappa shape index (κ3) is 5.10. The molecule has 5 rings (SSSR count). The lowest BCUT2D eigenvalue weighted by molar-refractivity contribution is -0.277. The summed E-state index contributed by atoms with van der Waals surface area (Å²) in [5.74, 6) is -1.39. The number of fused-ring (bicyclic) bond motifs is 1. The molecule has 13 heteroatoms. The average molecular weight is 551 g/mol. The second-order valence-electron chi connectivity index (χ2n) is 9.55. The molecular weight excluding hydrogens is 520 g/mol. The summed E-state index contributed by atoms with van der Waals surface area (Å²) < 4.78 is 32.3. The number of rotatable bonds is 8. The van der Waals surface area contributed by atoms with Crippen LogP contribution in [0.3, 0.4) is 0 Å². The molecular formula is C26H30O13. The number of methoxy groups -OCH3 is 1. The Kier molecular flexibility index (Phi) is 7.82. The topological polar surface area (TPSA) is 194 Å². The fraction of sp³-hybridized carbons (Fsp3) is 0.500. The zero-order valence-electron chi connectivity index (χ0n) is 20.8. The van der Waals surface area contributed by atoms with Gasteiger partial charge >= 0.3 is 5.97 Å². The summed E-state index contributed by atoms with van der Waals surface area (Å²) in [6.07, 6.45) is -9.96. The molecule has 9 atom stereocenters. The lowest BCUT2D eigenvalue weighted by Gasteiger charge is -2.39. The van der Waals surface area contributed by atoms with Gasteiger partial charge in [-0.05, 0) is 35.4 Å². The van der Waals surface area contributed by atoms with E-state index in [9.17, 15) is 35.4 Å². The minimum absolute atomic E-state index is 0.0590. The third-order valence-corrected chi connectivity index (χ3v) is 7.26. The molecule has 0 amide bonds. The minimum Gasteiger partial charge on any atom is -0.493 e. The normalized spacial score (nSPS) is 31.5. The Hall–Kier alpha value is -3.17. The summed E-state index contributed by atoms with van der Waals surface area (Å²) in [7, 11) is 1.33. The molecule has 3 aliphatic rings. The molecule has 39 heavy (non-hydrogen) atoms. The Labute approximate surface area is 222 Å². The fourth-order valence-electron chi connectivity index (χ4n) is 5.01. The van der Waals surface area contributed by atoms with Crippen molar-refractivity contribution in [1.29, 1.82) is 0 Å². The number of esters is 1. The van der Waals surface area contributed by atoms with Crippen molar-refractivity contribution >= 4 is 5.97 Å². The Morgan fingerprint density at radius 1 is 0.897 bits per heavy atom. The molecule has 0 unspecified atom stereocenters. The quantitative estimate of drug-likeness (QED) is 0.223. The van der Waals surface area contributed by atoms with Gasteiger partial charge in [0.05, 0.1) is 38.4 Å². The number of carbonyl (C=O) groups is 1.